The third-order valence-electron chi connectivity index (χ3n) is 2.59. The average molecular weight is 310 g/mol. The largest absolute Gasteiger partial charge is 0.429 e. The second-order valence-corrected chi connectivity index (χ2v) is 4.19. The molecule has 0 saturated carbocycles. The Hall–Kier alpha value is -1.92. The molecular weight excluding hydrogens is 298 g/mol. The lowest BCUT2D eigenvalue weighted by atomic mass is 10.1. The van der Waals surface area contributed by atoms with Gasteiger partial charge in [-0.2, -0.15) is 8.78 Å². The number of rotatable bonds is 5. The molecule has 0 fully saturated rings. The van der Waals surface area contributed by atoms with Crippen molar-refractivity contribution in [3.05, 3.63) is 47.3 Å². The van der Waals surface area contributed by atoms with Gasteiger partial charge in [-0.3, -0.25) is 0 Å². The third kappa shape index (κ3) is 3.80. The molecule has 1 atom stereocenters. The quantitative estimate of drug-likeness (QED) is 0.681. The number of ether oxygens (including phenoxy) is 1. The van der Waals surface area contributed by atoms with Crippen LogP contribution in [0.1, 0.15) is 19.4 Å². The second-order valence-electron chi connectivity index (χ2n) is 4.19. The van der Waals surface area contributed by atoms with Gasteiger partial charge < -0.3 is 4.74 Å². The fourth-order valence-electron chi connectivity index (χ4n) is 1.72. The maximum atomic E-state index is 13.7. The first kappa shape index (κ1) is 17.1. The number of hydrogen-bond acceptors (Lipinski definition) is 1. The molecule has 1 rings (SSSR count). The lowest BCUT2D eigenvalue weighted by Gasteiger charge is -2.22. The first-order valence-electron chi connectivity index (χ1n) is 5.79. The Kier molecular flexibility index (Phi) is 5.09. The number of hydrogen-bond donors (Lipinski definition) is 0. The molecule has 0 saturated heterocycles. The van der Waals surface area contributed by atoms with Gasteiger partial charge in [0.15, 0.2) is 0 Å². The van der Waals surface area contributed by atoms with Crippen molar-refractivity contribution >= 4 is 6.08 Å². The maximum Gasteiger partial charge on any atom is 0.428 e. The molecule has 0 aliphatic heterocycles. The van der Waals surface area contributed by atoms with E-state index in [1.807, 2.05) is 0 Å². The lowest BCUT2D eigenvalue weighted by molar-refractivity contribution is -0.150. The molecule has 21 heavy (non-hydrogen) atoms. The van der Waals surface area contributed by atoms with Crippen molar-refractivity contribution in [2.24, 2.45) is 0 Å². The fourth-order valence-corrected chi connectivity index (χ4v) is 1.72. The van der Waals surface area contributed by atoms with Crippen molar-refractivity contribution in [2.75, 3.05) is 0 Å². The van der Waals surface area contributed by atoms with Crippen LogP contribution in [0.25, 0.3) is 6.08 Å². The molecule has 0 bridgehead atoms. The van der Waals surface area contributed by atoms with Gasteiger partial charge in [0.1, 0.15) is 35.0 Å². The first-order valence-corrected chi connectivity index (χ1v) is 5.79. The minimum atomic E-state index is -4.39. The number of allylic oxidation sites excluding steroid dienone is 1. The zero-order valence-corrected chi connectivity index (χ0v) is 11.2. The zero-order chi connectivity index (χ0) is 16.4. The van der Waals surface area contributed by atoms with Gasteiger partial charge in [-0.15, -0.1) is 0 Å². The van der Waals surface area contributed by atoms with Gasteiger partial charge in [-0.25, -0.2) is 17.6 Å². The molecule has 0 heterocycles. The minimum Gasteiger partial charge on any atom is -0.429 e. The monoisotopic (exact) mass is 310 g/mol. The second kappa shape index (κ2) is 6.24. The highest BCUT2D eigenvalue weighted by Gasteiger charge is 2.43. The smallest absolute Gasteiger partial charge is 0.428 e. The molecule has 0 amide bonds. The Morgan fingerprint density at radius 1 is 1.29 bits per heavy atom. The van der Waals surface area contributed by atoms with Crippen LogP contribution in [0.15, 0.2) is 30.1 Å². The molecule has 0 aliphatic rings. The summed E-state index contributed by atoms with van der Waals surface area (Å²) in [7, 11) is 0. The molecule has 1 unspecified atom stereocenters. The van der Waals surface area contributed by atoms with Gasteiger partial charge in [-0.05, 0) is 13.8 Å². The summed E-state index contributed by atoms with van der Waals surface area (Å²) in [5, 5.41) is 0. The van der Waals surface area contributed by atoms with E-state index in [1.165, 1.54) is 0 Å². The summed E-state index contributed by atoms with van der Waals surface area (Å²) in [5.41, 5.74) is -2.07. The van der Waals surface area contributed by atoms with Crippen molar-refractivity contribution in [3.63, 3.8) is 0 Å². The highest BCUT2D eigenvalue weighted by Crippen LogP contribution is 2.35. The summed E-state index contributed by atoms with van der Waals surface area (Å²) in [6.07, 6.45) is -5.87. The average Bonchev–Trinajstić information content (AvgIpc) is 2.25. The van der Waals surface area contributed by atoms with Crippen LogP contribution >= 0.6 is 0 Å². The highest BCUT2D eigenvalue weighted by atomic mass is 19.3. The zero-order valence-electron chi connectivity index (χ0n) is 11.2. The van der Waals surface area contributed by atoms with Crippen molar-refractivity contribution in [1.82, 2.24) is 0 Å². The SMILES string of the molecule is C=Cc1c(F)cc(OC(F)(F)C(=C(C)F)C(C)F)cc1F. The van der Waals surface area contributed by atoms with Gasteiger partial charge in [0.2, 0.25) is 0 Å². The topological polar surface area (TPSA) is 9.23 Å². The van der Waals surface area contributed by atoms with Gasteiger partial charge in [-0.1, -0.05) is 12.7 Å². The van der Waals surface area contributed by atoms with E-state index in [2.05, 4.69) is 11.3 Å². The van der Waals surface area contributed by atoms with Crippen LogP contribution in [0.2, 0.25) is 0 Å². The molecule has 0 radical (unpaired) electrons. The Bertz CT molecular complexity index is 550. The van der Waals surface area contributed by atoms with Crippen molar-refractivity contribution < 1.29 is 31.1 Å². The van der Waals surface area contributed by atoms with Crippen LogP contribution in [0, 0.1) is 11.6 Å². The highest BCUT2D eigenvalue weighted by molar-refractivity contribution is 5.50. The van der Waals surface area contributed by atoms with Gasteiger partial charge in [0.05, 0.1) is 0 Å². The summed E-state index contributed by atoms with van der Waals surface area (Å²) >= 11 is 0. The Morgan fingerprint density at radius 2 is 1.76 bits per heavy atom. The first-order chi connectivity index (χ1) is 9.60. The van der Waals surface area contributed by atoms with Crippen LogP contribution in [0.4, 0.5) is 26.3 Å². The summed E-state index contributed by atoms with van der Waals surface area (Å²) in [6, 6.07) is 0.949. The van der Waals surface area contributed by atoms with Crippen molar-refractivity contribution in [2.45, 2.75) is 26.1 Å². The molecule has 1 aromatic carbocycles. The van der Waals surface area contributed by atoms with Crippen LogP contribution < -0.4 is 4.74 Å². The third-order valence-corrected chi connectivity index (χ3v) is 2.59. The number of alkyl halides is 3. The molecule has 0 spiro atoms. The van der Waals surface area contributed by atoms with Crippen molar-refractivity contribution in [1.29, 1.82) is 0 Å². The van der Waals surface area contributed by atoms with Crippen LogP contribution in [0.5, 0.6) is 5.75 Å². The van der Waals surface area contributed by atoms with E-state index in [0.29, 0.717) is 26.0 Å². The summed E-state index contributed by atoms with van der Waals surface area (Å²) in [6.45, 7) is 4.48. The fraction of sp³-hybridized carbons (Fsp3) is 0.286. The predicted octanol–water partition coefficient (Wildman–Crippen LogP) is 5.18. The summed E-state index contributed by atoms with van der Waals surface area (Å²) in [4.78, 5) is 0. The Morgan fingerprint density at radius 3 is 2.10 bits per heavy atom. The lowest BCUT2D eigenvalue weighted by Crippen LogP contribution is -2.32. The van der Waals surface area contributed by atoms with E-state index < -0.39 is 46.6 Å². The number of halogens is 6. The van der Waals surface area contributed by atoms with E-state index >= 15 is 0 Å². The van der Waals surface area contributed by atoms with Crippen LogP contribution in [0.3, 0.4) is 0 Å². The minimum absolute atomic E-state index is 0.474. The maximum absolute atomic E-state index is 13.7. The standard InChI is InChI=1S/C14H12F6O/c1-4-10-11(17)5-9(6-12(10)18)21-14(19,20)13(7(2)15)8(3)16/h4-7H,1H2,2-3H3. The van der Waals surface area contributed by atoms with E-state index in [4.69, 9.17) is 0 Å². The molecule has 116 valence electrons. The molecular formula is C14H12F6O. The van der Waals surface area contributed by atoms with E-state index in [0.717, 1.165) is 6.08 Å². The molecule has 0 aliphatic carbocycles. The van der Waals surface area contributed by atoms with Gasteiger partial charge in [0.25, 0.3) is 0 Å². The predicted molar refractivity (Wildman–Crippen MR) is 66.4 cm³/mol. The molecule has 0 aromatic heterocycles. The Labute approximate surface area is 117 Å². The normalized spacial score (nSPS) is 14.5. The van der Waals surface area contributed by atoms with E-state index in [9.17, 15) is 26.3 Å². The summed E-state index contributed by atoms with van der Waals surface area (Å²) in [5.74, 6) is -4.75. The van der Waals surface area contributed by atoms with Gasteiger partial charge in [0, 0.05) is 17.7 Å². The molecule has 1 nitrogen and oxygen atoms in total. The van der Waals surface area contributed by atoms with Crippen LogP contribution in [-0.2, 0) is 0 Å². The van der Waals surface area contributed by atoms with E-state index in [1.54, 1.807) is 0 Å². The van der Waals surface area contributed by atoms with E-state index in [-0.39, 0.29) is 0 Å². The molecule has 0 N–H and O–H groups in total. The Balaban J connectivity index is 3.21. The van der Waals surface area contributed by atoms with Crippen LogP contribution in [-0.4, -0.2) is 12.3 Å². The molecule has 7 heteroatoms. The summed E-state index contributed by atoms with van der Waals surface area (Å²) < 4.78 is 84.4. The van der Waals surface area contributed by atoms with Crippen molar-refractivity contribution in [3.8, 4) is 5.75 Å². The molecule has 1 aromatic rings. The van der Waals surface area contributed by atoms with Gasteiger partial charge >= 0.3 is 6.11 Å². The number of benzene rings is 1.